The van der Waals surface area contributed by atoms with E-state index in [-0.39, 0.29) is 12.0 Å². The summed E-state index contributed by atoms with van der Waals surface area (Å²) in [6.07, 6.45) is 1.35. The molecule has 19 heavy (non-hydrogen) atoms. The normalized spacial score (nSPS) is 15.5. The summed E-state index contributed by atoms with van der Waals surface area (Å²) in [6.45, 7) is 1.97. The molecule has 0 aromatic carbocycles. The Morgan fingerprint density at radius 2 is 1.79 bits per heavy atom. The Hall–Kier alpha value is -2.18. The van der Waals surface area contributed by atoms with Crippen molar-refractivity contribution < 1.29 is 14.3 Å². The lowest BCUT2D eigenvalue weighted by Gasteiger charge is -2.33. The van der Waals surface area contributed by atoms with E-state index < -0.39 is 0 Å². The van der Waals surface area contributed by atoms with Crippen LogP contribution in [-0.2, 0) is 11.8 Å². The molecule has 0 atom stereocenters. The topological polar surface area (TPSA) is 80.8 Å². The van der Waals surface area contributed by atoms with Crippen LogP contribution in [0, 0.1) is 0 Å². The van der Waals surface area contributed by atoms with Gasteiger partial charge in [-0.05, 0) is 6.07 Å². The van der Waals surface area contributed by atoms with Crippen LogP contribution in [0.4, 0.5) is 10.5 Å². The molecular formula is C12H18N4O3. The number of hydrogen-bond acceptors (Lipinski definition) is 4. The van der Waals surface area contributed by atoms with Gasteiger partial charge in [-0.1, -0.05) is 0 Å². The molecule has 0 unspecified atom stereocenters. The zero-order valence-corrected chi connectivity index (χ0v) is 11.1. The molecule has 0 aliphatic carbocycles. The van der Waals surface area contributed by atoms with E-state index in [1.54, 1.807) is 33.7 Å². The highest BCUT2D eigenvalue weighted by atomic mass is 16.5. The Kier molecular flexibility index (Phi) is 3.64. The number of carbonyl (C=O) groups excluding carboxylic acids is 2. The number of carbonyl (C=O) groups is 2. The van der Waals surface area contributed by atoms with Crippen LogP contribution < -0.4 is 5.73 Å². The quantitative estimate of drug-likeness (QED) is 0.783. The highest BCUT2D eigenvalue weighted by Gasteiger charge is 2.26. The Balaban J connectivity index is 2.00. The molecule has 7 nitrogen and oxygen atoms in total. The number of aromatic nitrogens is 1. The van der Waals surface area contributed by atoms with E-state index in [1.165, 1.54) is 7.11 Å². The Morgan fingerprint density at radius 3 is 2.26 bits per heavy atom. The fraction of sp³-hybridized carbons (Fsp3) is 0.500. The largest absolute Gasteiger partial charge is 0.453 e. The van der Waals surface area contributed by atoms with Gasteiger partial charge in [-0.15, -0.1) is 0 Å². The van der Waals surface area contributed by atoms with Crippen LogP contribution in [0.3, 0.4) is 0 Å². The van der Waals surface area contributed by atoms with E-state index in [4.69, 9.17) is 5.73 Å². The molecule has 2 N–H and O–H groups in total. The second-order valence-corrected chi connectivity index (χ2v) is 4.52. The van der Waals surface area contributed by atoms with Gasteiger partial charge in [-0.3, -0.25) is 4.79 Å². The molecule has 1 fully saturated rings. The molecule has 1 aromatic heterocycles. The average Bonchev–Trinajstić information content (AvgIpc) is 2.76. The van der Waals surface area contributed by atoms with Crippen molar-refractivity contribution in [3.63, 3.8) is 0 Å². The molecule has 2 amide bonds. The van der Waals surface area contributed by atoms with E-state index in [1.807, 2.05) is 0 Å². The highest BCUT2D eigenvalue weighted by Crippen LogP contribution is 2.13. The van der Waals surface area contributed by atoms with Crippen LogP contribution >= 0.6 is 0 Å². The van der Waals surface area contributed by atoms with Gasteiger partial charge in [-0.25, -0.2) is 4.79 Å². The monoisotopic (exact) mass is 266 g/mol. The summed E-state index contributed by atoms with van der Waals surface area (Å²) >= 11 is 0. The van der Waals surface area contributed by atoms with Crippen LogP contribution in [0.5, 0.6) is 0 Å². The number of piperazine rings is 1. The molecule has 7 heteroatoms. The number of ether oxygens (including phenoxy) is 1. The predicted molar refractivity (Wildman–Crippen MR) is 69.7 cm³/mol. The maximum atomic E-state index is 12.3. The van der Waals surface area contributed by atoms with Crippen molar-refractivity contribution in [2.45, 2.75) is 0 Å². The molecular weight excluding hydrogens is 248 g/mol. The Labute approximate surface area is 111 Å². The van der Waals surface area contributed by atoms with Crippen LogP contribution in [0.1, 0.15) is 10.5 Å². The number of anilines is 1. The highest BCUT2D eigenvalue weighted by molar-refractivity contribution is 5.94. The van der Waals surface area contributed by atoms with Gasteiger partial charge in [0.05, 0.1) is 12.8 Å². The van der Waals surface area contributed by atoms with E-state index in [0.29, 0.717) is 37.6 Å². The predicted octanol–water partition coefficient (Wildman–Crippen LogP) is 0.132. The molecule has 1 saturated heterocycles. The molecule has 0 bridgehead atoms. The summed E-state index contributed by atoms with van der Waals surface area (Å²) in [4.78, 5) is 26.9. The molecule has 2 rings (SSSR count). The summed E-state index contributed by atoms with van der Waals surface area (Å²) in [5.74, 6) is -0.0660. The van der Waals surface area contributed by atoms with Gasteiger partial charge in [0.1, 0.15) is 5.69 Å². The van der Waals surface area contributed by atoms with Crippen molar-refractivity contribution in [1.29, 1.82) is 0 Å². The lowest BCUT2D eigenvalue weighted by molar-refractivity contribution is 0.0591. The zero-order valence-electron chi connectivity index (χ0n) is 11.1. The first-order valence-corrected chi connectivity index (χ1v) is 6.07. The van der Waals surface area contributed by atoms with Gasteiger partial charge >= 0.3 is 6.09 Å². The van der Waals surface area contributed by atoms with Crippen molar-refractivity contribution in [1.82, 2.24) is 14.4 Å². The number of methoxy groups -OCH3 is 1. The number of aryl methyl sites for hydroxylation is 1. The standard InChI is InChI=1S/C12H18N4O3/c1-14-8-9(13)7-10(14)11(17)15-3-5-16(6-4-15)12(18)19-2/h7-8H,3-6,13H2,1-2H3. The summed E-state index contributed by atoms with van der Waals surface area (Å²) in [5, 5.41) is 0. The SMILES string of the molecule is COC(=O)N1CCN(C(=O)c2cc(N)cn2C)CC1. The number of nitrogen functional groups attached to an aromatic ring is 1. The maximum absolute atomic E-state index is 12.3. The summed E-state index contributed by atoms with van der Waals surface area (Å²) in [6, 6.07) is 1.66. The summed E-state index contributed by atoms with van der Waals surface area (Å²) in [7, 11) is 3.14. The third kappa shape index (κ3) is 2.64. The smallest absolute Gasteiger partial charge is 0.409 e. The van der Waals surface area contributed by atoms with Crippen LogP contribution in [0.15, 0.2) is 12.3 Å². The first-order chi connectivity index (χ1) is 9.02. The molecule has 1 aliphatic heterocycles. The molecule has 0 radical (unpaired) electrons. The fourth-order valence-electron chi connectivity index (χ4n) is 2.19. The molecule has 2 heterocycles. The minimum absolute atomic E-state index is 0.0660. The van der Waals surface area contributed by atoms with Gasteiger partial charge < -0.3 is 24.8 Å². The van der Waals surface area contributed by atoms with Crippen molar-refractivity contribution in [2.75, 3.05) is 39.0 Å². The third-order valence-electron chi connectivity index (χ3n) is 3.24. The summed E-state index contributed by atoms with van der Waals surface area (Å²) in [5.41, 5.74) is 6.79. The van der Waals surface area contributed by atoms with Gasteiger partial charge in [-0.2, -0.15) is 0 Å². The van der Waals surface area contributed by atoms with E-state index in [2.05, 4.69) is 4.74 Å². The number of nitrogens with two attached hydrogens (primary N) is 1. The molecule has 1 aromatic rings. The van der Waals surface area contributed by atoms with Crippen LogP contribution in [0.25, 0.3) is 0 Å². The van der Waals surface area contributed by atoms with E-state index in [0.717, 1.165) is 0 Å². The summed E-state index contributed by atoms with van der Waals surface area (Å²) < 4.78 is 6.37. The van der Waals surface area contributed by atoms with Crippen molar-refractivity contribution >= 4 is 17.7 Å². The second-order valence-electron chi connectivity index (χ2n) is 4.52. The van der Waals surface area contributed by atoms with Crippen molar-refractivity contribution in [3.05, 3.63) is 18.0 Å². The minimum Gasteiger partial charge on any atom is -0.453 e. The van der Waals surface area contributed by atoms with Gasteiger partial charge in [0.2, 0.25) is 0 Å². The van der Waals surface area contributed by atoms with Gasteiger partial charge in [0.15, 0.2) is 0 Å². The lowest BCUT2D eigenvalue weighted by Crippen LogP contribution is -2.50. The number of amides is 2. The van der Waals surface area contributed by atoms with Crippen LogP contribution in [0.2, 0.25) is 0 Å². The number of rotatable bonds is 1. The zero-order chi connectivity index (χ0) is 14.0. The first kappa shape index (κ1) is 13.3. The Morgan fingerprint density at radius 1 is 1.21 bits per heavy atom. The fourth-order valence-corrected chi connectivity index (χ4v) is 2.19. The number of nitrogens with zero attached hydrogens (tertiary/aromatic N) is 3. The van der Waals surface area contributed by atoms with Gasteiger partial charge in [0, 0.05) is 39.4 Å². The van der Waals surface area contributed by atoms with Crippen LogP contribution in [-0.4, -0.2) is 59.7 Å². The second kappa shape index (κ2) is 5.21. The maximum Gasteiger partial charge on any atom is 0.409 e. The molecule has 104 valence electrons. The van der Waals surface area contributed by atoms with E-state index >= 15 is 0 Å². The minimum atomic E-state index is -0.352. The van der Waals surface area contributed by atoms with Crippen molar-refractivity contribution in [2.24, 2.45) is 7.05 Å². The molecule has 0 saturated carbocycles. The third-order valence-corrected chi connectivity index (χ3v) is 3.24. The number of hydrogen-bond donors (Lipinski definition) is 1. The van der Waals surface area contributed by atoms with E-state index in [9.17, 15) is 9.59 Å². The molecule has 1 aliphatic rings. The Bertz CT molecular complexity index is 489. The van der Waals surface area contributed by atoms with Crippen molar-refractivity contribution in [3.8, 4) is 0 Å². The average molecular weight is 266 g/mol. The lowest BCUT2D eigenvalue weighted by atomic mass is 10.3. The first-order valence-electron chi connectivity index (χ1n) is 6.07. The molecule has 0 spiro atoms. The van der Waals surface area contributed by atoms with Gasteiger partial charge in [0.25, 0.3) is 5.91 Å².